The van der Waals surface area contributed by atoms with Crippen LogP contribution in [-0.4, -0.2) is 49.1 Å². The highest BCUT2D eigenvalue weighted by atomic mass is 16.4. The normalized spacial score (nSPS) is 11.8. The van der Waals surface area contributed by atoms with E-state index in [9.17, 15) is 14.4 Å². The van der Waals surface area contributed by atoms with Gasteiger partial charge in [-0.25, -0.2) is 4.79 Å². The highest BCUT2D eigenvalue weighted by Crippen LogP contribution is 1.99. The molecule has 1 rings (SSSR count). The zero-order chi connectivity index (χ0) is 14.3. The summed E-state index contributed by atoms with van der Waals surface area (Å²) < 4.78 is 1.44. The molecule has 1 unspecified atom stereocenters. The molecule has 0 aliphatic heterocycles. The SMILES string of the molecule is O=C(O)CCC(NC(=O)CCn1ccnn1)C(=O)O. The van der Waals surface area contributed by atoms with Crippen molar-refractivity contribution in [3.05, 3.63) is 12.4 Å². The Morgan fingerprint density at radius 3 is 2.53 bits per heavy atom. The van der Waals surface area contributed by atoms with Crippen LogP contribution in [0.4, 0.5) is 0 Å². The van der Waals surface area contributed by atoms with Gasteiger partial charge in [0.15, 0.2) is 0 Å². The molecule has 1 aromatic heterocycles. The number of amides is 1. The predicted octanol–water partition coefficient (Wildman–Crippen LogP) is -0.898. The van der Waals surface area contributed by atoms with Gasteiger partial charge in [0.1, 0.15) is 6.04 Å². The maximum absolute atomic E-state index is 11.5. The summed E-state index contributed by atoms with van der Waals surface area (Å²) in [7, 11) is 0. The lowest BCUT2D eigenvalue weighted by Crippen LogP contribution is -2.41. The van der Waals surface area contributed by atoms with E-state index in [2.05, 4.69) is 15.6 Å². The van der Waals surface area contributed by atoms with Crippen molar-refractivity contribution >= 4 is 17.8 Å². The number of rotatable bonds is 8. The minimum Gasteiger partial charge on any atom is -0.481 e. The van der Waals surface area contributed by atoms with Gasteiger partial charge in [0, 0.05) is 19.0 Å². The van der Waals surface area contributed by atoms with Gasteiger partial charge >= 0.3 is 11.9 Å². The molecule has 0 aliphatic carbocycles. The van der Waals surface area contributed by atoms with Gasteiger partial charge < -0.3 is 15.5 Å². The molecule has 0 aromatic carbocycles. The summed E-state index contributed by atoms with van der Waals surface area (Å²) in [5, 5.41) is 26.8. The van der Waals surface area contributed by atoms with Crippen molar-refractivity contribution in [2.45, 2.75) is 31.8 Å². The van der Waals surface area contributed by atoms with Gasteiger partial charge in [0.2, 0.25) is 5.91 Å². The van der Waals surface area contributed by atoms with Crippen molar-refractivity contribution in [2.75, 3.05) is 0 Å². The van der Waals surface area contributed by atoms with Crippen LogP contribution < -0.4 is 5.32 Å². The summed E-state index contributed by atoms with van der Waals surface area (Å²) in [6, 6.07) is -1.20. The maximum Gasteiger partial charge on any atom is 0.326 e. The number of carbonyl (C=O) groups is 3. The Balaban J connectivity index is 2.38. The first-order valence-corrected chi connectivity index (χ1v) is 5.57. The predicted molar refractivity (Wildman–Crippen MR) is 61.1 cm³/mol. The van der Waals surface area contributed by atoms with E-state index in [0.29, 0.717) is 0 Å². The minimum absolute atomic E-state index is 0.0419. The van der Waals surface area contributed by atoms with E-state index in [1.807, 2.05) is 0 Å². The number of aliphatic carboxylic acids is 2. The van der Waals surface area contributed by atoms with Crippen LogP contribution in [0.5, 0.6) is 0 Å². The van der Waals surface area contributed by atoms with Crippen LogP contribution in [0.2, 0.25) is 0 Å². The smallest absolute Gasteiger partial charge is 0.326 e. The van der Waals surface area contributed by atoms with E-state index in [-0.39, 0.29) is 25.8 Å². The van der Waals surface area contributed by atoms with Crippen molar-refractivity contribution in [1.29, 1.82) is 0 Å². The Kier molecular flexibility index (Phi) is 5.45. The fourth-order valence-corrected chi connectivity index (χ4v) is 1.36. The molecule has 19 heavy (non-hydrogen) atoms. The minimum atomic E-state index is -1.25. The quantitative estimate of drug-likeness (QED) is 0.557. The zero-order valence-electron chi connectivity index (χ0n) is 10.0. The average Bonchev–Trinajstić information content (AvgIpc) is 2.84. The van der Waals surface area contributed by atoms with E-state index >= 15 is 0 Å². The lowest BCUT2D eigenvalue weighted by Gasteiger charge is -2.13. The van der Waals surface area contributed by atoms with Crippen molar-refractivity contribution in [3.8, 4) is 0 Å². The van der Waals surface area contributed by atoms with Crippen molar-refractivity contribution in [2.24, 2.45) is 0 Å². The third-order valence-corrected chi connectivity index (χ3v) is 2.32. The first-order chi connectivity index (χ1) is 8.99. The second kappa shape index (κ2) is 7.09. The third kappa shape index (κ3) is 5.61. The van der Waals surface area contributed by atoms with E-state index in [4.69, 9.17) is 10.2 Å². The number of aromatic nitrogens is 3. The van der Waals surface area contributed by atoms with Crippen molar-refractivity contribution in [3.63, 3.8) is 0 Å². The standard InChI is InChI=1S/C10H14N4O5/c15-8(3-5-14-6-4-11-13-14)12-7(10(18)19)1-2-9(16)17/h4,6-7H,1-3,5H2,(H,12,15)(H,16,17)(H,18,19). The molecule has 0 aliphatic rings. The second-order valence-corrected chi connectivity index (χ2v) is 3.81. The number of carbonyl (C=O) groups excluding carboxylic acids is 1. The largest absolute Gasteiger partial charge is 0.481 e. The Labute approximate surface area is 108 Å². The second-order valence-electron chi connectivity index (χ2n) is 3.81. The van der Waals surface area contributed by atoms with Gasteiger partial charge in [-0.1, -0.05) is 5.21 Å². The molecule has 0 saturated carbocycles. The van der Waals surface area contributed by atoms with Gasteiger partial charge in [-0.15, -0.1) is 5.10 Å². The molecule has 1 heterocycles. The summed E-state index contributed by atoms with van der Waals surface area (Å²) in [5.41, 5.74) is 0. The molecule has 0 fully saturated rings. The van der Waals surface area contributed by atoms with Crippen LogP contribution in [0.3, 0.4) is 0 Å². The molecule has 0 spiro atoms. The maximum atomic E-state index is 11.5. The number of aryl methyl sites for hydroxylation is 1. The molecule has 0 radical (unpaired) electrons. The van der Waals surface area contributed by atoms with Crippen LogP contribution in [0.25, 0.3) is 0 Å². The highest BCUT2D eigenvalue weighted by molar-refractivity contribution is 5.83. The van der Waals surface area contributed by atoms with Gasteiger partial charge in [0.05, 0.1) is 12.7 Å². The number of carboxylic acid groups (broad SMARTS) is 2. The van der Waals surface area contributed by atoms with Gasteiger partial charge in [0.25, 0.3) is 0 Å². The summed E-state index contributed by atoms with van der Waals surface area (Å²) in [5.74, 6) is -2.84. The monoisotopic (exact) mass is 270 g/mol. The van der Waals surface area contributed by atoms with Crippen LogP contribution in [0.1, 0.15) is 19.3 Å². The summed E-state index contributed by atoms with van der Waals surface area (Å²) in [6.07, 6.45) is 2.61. The average molecular weight is 270 g/mol. The van der Waals surface area contributed by atoms with Gasteiger partial charge in [-0.2, -0.15) is 0 Å². The van der Waals surface area contributed by atoms with E-state index in [1.165, 1.54) is 10.9 Å². The Hall–Kier alpha value is -2.45. The van der Waals surface area contributed by atoms with Crippen LogP contribution in [0, 0.1) is 0 Å². The van der Waals surface area contributed by atoms with E-state index in [0.717, 1.165) is 0 Å². The van der Waals surface area contributed by atoms with Gasteiger partial charge in [-0.05, 0) is 6.42 Å². The van der Waals surface area contributed by atoms with Crippen molar-refractivity contribution in [1.82, 2.24) is 20.3 Å². The Bertz CT molecular complexity index is 445. The Morgan fingerprint density at radius 2 is 2.00 bits per heavy atom. The number of nitrogens with one attached hydrogen (secondary N) is 1. The molecule has 3 N–H and O–H groups in total. The van der Waals surface area contributed by atoms with E-state index in [1.54, 1.807) is 6.20 Å². The molecular weight excluding hydrogens is 256 g/mol. The Morgan fingerprint density at radius 1 is 1.26 bits per heavy atom. The van der Waals surface area contributed by atoms with Crippen LogP contribution in [-0.2, 0) is 20.9 Å². The third-order valence-electron chi connectivity index (χ3n) is 2.32. The van der Waals surface area contributed by atoms with Crippen LogP contribution in [0.15, 0.2) is 12.4 Å². The molecule has 0 bridgehead atoms. The molecule has 104 valence electrons. The van der Waals surface area contributed by atoms with Gasteiger partial charge in [-0.3, -0.25) is 14.3 Å². The number of carboxylic acids is 2. The van der Waals surface area contributed by atoms with E-state index < -0.39 is 23.9 Å². The molecule has 1 aromatic rings. The lowest BCUT2D eigenvalue weighted by atomic mass is 10.1. The molecule has 1 amide bonds. The zero-order valence-corrected chi connectivity index (χ0v) is 10.0. The number of hydrogen-bond donors (Lipinski definition) is 3. The molecule has 9 nitrogen and oxygen atoms in total. The fraction of sp³-hybridized carbons (Fsp3) is 0.500. The fourth-order valence-electron chi connectivity index (χ4n) is 1.36. The molecular formula is C10H14N4O5. The summed E-state index contributed by atoms with van der Waals surface area (Å²) in [4.78, 5) is 32.7. The molecule has 0 saturated heterocycles. The molecule has 9 heteroatoms. The first-order valence-electron chi connectivity index (χ1n) is 5.57. The topological polar surface area (TPSA) is 134 Å². The molecule has 1 atom stereocenters. The number of nitrogens with zero attached hydrogens (tertiary/aromatic N) is 3. The van der Waals surface area contributed by atoms with Crippen LogP contribution >= 0.6 is 0 Å². The van der Waals surface area contributed by atoms with Crippen molar-refractivity contribution < 1.29 is 24.6 Å². The lowest BCUT2D eigenvalue weighted by molar-refractivity contribution is -0.143. The summed E-state index contributed by atoms with van der Waals surface area (Å²) >= 11 is 0. The highest BCUT2D eigenvalue weighted by Gasteiger charge is 2.20. The first kappa shape index (κ1) is 14.6. The number of hydrogen-bond acceptors (Lipinski definition) is 5. The summed E-state index contributed by atoms with van der Waals surface area (Å²) in [6.45, 7) is 0.275.